The van der Waals surface area contributed by atoms with Crippen molar-refractivity contribution >= 4 is 5.91 Å². The number of amides is 1. The zero-order valence-electron chi connectivity index (χ0n) is 8.57. The smallest absolute Gasteiger partial charge is 0.263 e. The van der Waals surface area contributed by atoms with Crippen LogP contribution in [0.5, 0.6) is 0 Å². The van der Waals surface area contributed by atoms with Crippen LogP contribution in [0.2, 0.25) is 0 Å². The lowest BCUT2D eigenvalue weighted by Gasteiger charge is -2.08. The van der Waals surface area contributed by atoms with E-state index in [1.807, 2.05) is 13.8 Å². The van der Waals surface area contributed by atoms with Gasteiger partial charge < -0.3 is 9.88 Å². The molecule has 4 nitrogen and oxygen atoms in total. The average Bonchev–Trinajstić information content (AvgIpc) is 2.08. The zero-order chi connectivity index (χ0) is 10.7. The molecular weight excluding hydrogens is 180 g/mol. The Labute approximate surface area is 82.6 Å². The van der Waals surface area contributed by atoms with Gasteiger partial charge in [-0.05, 0) is 26.0 Å². The van der Waals surface area contributed by atoms with Gasteiger partial charge >= 0.3 is 0 Å². The summed E-state index contributed by atoms with van der Waals surface area (Å²) < 4.78 is 1.38. The number of nitrogens with zero attached hydrogens (tertiary/aromatic N) is 1. The predicted molar refractivity (Wildman–Crippen MR) is 54.3 cm³/mol. The highest BCUT2D eigenvalue weighted by Gasteiger charge is 2.10. The van der Waals surface area contributed by atoms with Crippen LogP contribution in [0, 0.1) is 0 Å². The molecule has 0 aromatic carbocycles. The molecule has 0 saturated heterocycles. The van der Waals surface area contributed by atoms with E-state index in [1.165, 1.54) is 10.6 Å². The van der Waals surface area contributed by atoms with Gasteiger partial charge in [0.25, 0.3) is 11.5 Å². The number of carbonyl (C=O) groups excluding carboxylic acids is 1. The summed E-state index contributed by atoms with van der Waals surface area (Å²) in [6.07, 6.45) is 1.62. The Morgan fingerprint density at radius 1 is 1.50 bits per heavy atom. The fraction of sp³-hybridized carbons (Fsp3) is 0.400. The molecule has 1 aromatic heterocycles. The standard InChI is InChI=1S/C10H14N2O2/c1-7(2)11-9(13)8-5-4-6-12(3)10(8)14/h4-7H,1-3H3,(H,11,13). The Kier molecular flexibility index (Phi) is 3.06. The van der Waals surface area contributed by atoms with Crippen LogP contribution in [0.3, 0.4) is 0 Å². The Hall–Kier alpha value is -1.58. The number of rotatable bonds is 2. The number of pyridine rings is 1. The number of carbonyl (C=O) groups is 1. The first kappa shape index (κ1) is 10.5. The second kappa shape index (κ2) is 4.09. The van der Waals surface area contributed by atoms with E-state index in [9.17, 15) is 9.59 Å². The molecule has 0 aliphatic rings. The van der Waals surface area contributed by atoms with Crippen molar-refractivity contribution in [2.24, 2.45) is 7.05 Å². The van der Waals surface area contributed by atoms with Gasteiger partial charge in [0.15, 0.2) is 0 Å². The fourth-order valence-corrected chi connectivity index (χ4v) is 1.11. The molecule has 14 heavy (non-hydrogen) atoms. The lowest BCUT2D eigenvalue weighted by Crippen LogP contribution is -2.35. The zero-order valence-corrected chi connectivity index (χ0v) is 8.57. The Morgan fingerprint density at radius 2 is 2.14 bits per heavy atom. The van der Waals surface area contributed by atoms with Crippen LogP contribution in [-0.4, -0.2) is 16.5 Å². The minimum atomic E-state index is -0.318. The molecule has 1 rings (SSSR count). The summed E-state index contributed by atoms with van der Waals surface area (Å²) in [5, 5.41) is 2.67. The van der Waals surface area contributed by atoms with Gasteiger partial charge in [-0.15, -0.1) is 0 Å². The molecule has 0 atom stereocenters. The fourth-order valence-electron chi connectivity index (χ4n) is 1.11. The second-order valence-corrected chi connectivity index (χ2v) is 3.47. The maximum Gasteiger partial charge on any atom is 0.263 e. The van der Waals surface area contributed by atoms with E-state index in [0.717, 1.165) is 0 Å². The molecule has 1 aromatic rings. The molecule has 0 unspecified atom stereocenters. The van der Waals surface area contributed by atoms with Crippen molar-refractivity contribution in [1.82, 2.24) is 9.88 Å². The first-order chi connectivity index (χ1) is 6.52. The van der Waals surface area contributed by atoms with E-state index >= 15 is 0 Å². The molecule has 1 amide bonds. The summed E-state index contributed by atoms with van der Waals surface area (Å²) in [7, 11) is 1.62. The number of nitrogens with one attached hydrogen (secondary N) is 1. The third kappa shape index (κ3) is 2.22. The monoisotopic (exact) mass is 194 g/mol. The van der Waals surface area contributed by atoms with Gasteiger partial charge in [-0.1, -0.05) is 0 Å². The van der Waals surface area contributed by atoms with Crippen molar-refractivity contribution in [3.63, 3.8) is 0 Å². The Bertz CT molecular complexity index is 393. The van der Waals surface area contributed by atoms with Gasteiger partial charge in [0, 0.05) is 19.3 Å². The summed E-state index contributed by atoms with van der Waals surface area (Å²) in [6, 6.07) is 3.24. The van der Waals surface area contributed by atoms with Crippen LogP contribution in [0.25, 0.3) is 0 Å². The van der Waals surface area contributed by atoms with Crippen LogP contribution in [0.4, 0.5) is 0 Å². The second-order valence-electron chi connectivity index (χ2n) is 3.47. The number of aryl methyl sites for hydroxylation is 1. The highest BCUT2D eigenvalue weighted by Crippen LogP contribution is 1.92. The molecule has 1 N–H and O–H groups in total. The Morgan fingerprint density at radius 3 is 2.71 bits per heavy atom. The largest absolute Gasteiger partial charge is 0.350 e. The molecule has 0 aliphatic heterocycles. The summed E-state index contributed by atoms with van der Waals surface area (Å²) in [5.74, 6) is -0.318. The van der Waals surface area contributed by atoms with E-state index in [-0.39, 0.29) is 23.1 Å². The normalized spacial score (nSPS) is 10.3. The molecule has 0 bridgehead atoms. The van der Waals surface area contributed by atoms with Gasteiger partial charge in [0.05, 0.1) is 0 Å². The average molecular weight is 194 g/mol. The van der Waals surface area contributed by atoms with E-state index in [0.29, 0.717) is 0 Å². The third-order valence-electron chi connectivity index (χ3n) is 1.79. The highest BCUT2D eigenvalue weighted by molar-refractivity contribution is 5.93. The van der Waals surface area contributed by atoms with Crippen molar-refractivity contribution in [3.8, 4) is 0 Å². The summed E-state index contributed by atoms with van der Waals surface area (Å²) in [4.78, 5) is 23.0. The van der Waals surface area contributed by atoms with Gasteiger partial charge in [-0.3, -0.25) is 9.59 Å². The van der Waals surface area contributed by atoms with Gasteiger partial charge in [0.1, 0.15) is 5.56 Å². The van der Waals surface area contributed by atoms with E-state index in [2.05, 4.69) is 5.32 Å². The molecule has 0 spiro atoms. The third-order valence-corrected chi connectivity index (χ3v) is 1.79. The van der Waals surface area contributed by atoms with Gasteiger partial charge in [-0.25, -0.2) is 0 Å². The van der Waals surface area contributed by atoms with Crippen molar-refractivity contribution in [2.45, 2.75) is 19.9 Å². The maximum atomic E-state index is 11.5. The molecule has 1 heterocycles. The lowest BCUT2D eigenvalue weighted by molar-refractivity contribution is 0.0941. The van der Waals surface area contributed by atoms with Crippen molar-refractivity contribution in [3.05, 3.63) is 34.2 Å². The number of aromatic nitrogens is 1. The lowest BCUT2D eigenvalue weighted by atomic mass is 10.2. The first-order valence-electron chi connectivity index (χ1n) is 4.49. The van der Waals surface area contributed by atoms with Crippen LogP contribution in [-0.2, 0) is 7.05 Å². The molecule has 4 heteroatoms. The topological polar surface area (TPSA) is 51.1 Å². The van der Waals surface area contributed by atoms with Crippen LogP contribution < -0.4 is 10.9 Å². The first-order valence-corrected chi connectivity index (χ1v) is 4.49. The van der Waals surface area contributed by atoms with Crippen molar-refractivity contribution in [2.75, 3.05) is 0 Å². The van der Waals surface area contributed by atoms with E-state index in [4.69, 9.17) is 0 Å². The van der Waals surface area contributed by atoms with E-state index < -0.39 is 0 Å². The van der Waals surface area contributed by atoms with E-state index in [1.54, 1.807) is 19.3 Å². The maximum absolute atomic E-state index is 11.5. The SMILES string of the molecule is CC(C)NC(=O)c1cccn(C)c1=O. The molecule has 76 valence electrons. The molecule has 0 radical (unpaired) electrons. The number of hydrogen-bond acceptors (Lipinski definition) is 2. The summed E-state index contributed by atoms with van der Waals surface area (Å²) in [5.41, 5.74) is -0.0886. The van der Waals surface area contributed by atoms with Crippen LogP contribution >= 0.6 is 0 Å². The summed E-state index contributed by atoms with van der Waals surface area (Å²) >= 11 is 0. The van der Waals surface area contributed by atoms with Crippen molar-refractivity contribution < 1.29 is 4.79 Å². The molecular formula is C10H14N2O2. The van der Waals surface area contributed by atoms with Gasteiger partial charge in [0.2, 0.25) is 0 Å². The minimum Gasteiger partial charge on any atom is -0.350 e. The quantitative estimate of drug-likeness (QED) is 0.746. The minimum absolute atomic E-state index is 0.0346. The molecule has 0 saturated carbocycles. The highest BCUT2D eigenvalue weighted by atomic mass is 16.2. The number of hydrogen-bond donors (Lipinski definition) is 1. The van der Waals surface area contributed by atoms with Crippen molar-refractivity contribution in [1.29, 1.82) is 0 Å². The van der Waals surface area contributed by atoms with Crippen LogP contribution in [0.15, 0.2) is 23.1 Å². The summed E-state index contributed by atoms with van der Waals surface area (Å²) in [6.45, 7) is 3.70. The van der Waals surface area contributed by atoms with Gasteiger partial charge in [-0.2, -0.15) is 0 Å². The molecule has 0 fully saturated rings. The van der Waals surface area contributed by atoms with Crippen LogP contribution in [0.1, 0.15) is 24.2 Å². The Balaban J connectivity index is 3.02. The molecule has 0 aliphatic carbocycles. The predicted octanol–water partition coefficient (Wildman–Crippen LogP) is 0.523.